The fourth-order valence-electron chi connectivity index (χ4n) is 2.54. The van der Waals surface area contributed by atoms with Crippen LogP contribution in [0.15, 0.2) is 48.5 Å². The number of hydrogen-bond donors (Lipinski definition) is 2. The number of aromatic amines is 1. The van der Waals surface area contributed by atoms with E-state index in [9.17, 15) is 8.42 Å². The summed E-state index contributed by atoms with van der Waals surface area (Å²) in [5.41, 5.74) is 3.76. The summed E-state index contributed by atoms with van der Waals surface area (Å²) >= 11 is 0. The number of nitrogens with zero attached hydrogens (tertiary/aromatic N) is 1. The highest BCUT2D eigenvalue weighted by Crippen LogP contribution is 2.14. The Morgan fingerprint density at radius 2 is 1.87 bits per heavy atom. The van der Waals surface area contributed by atoms with Gasteiger partial charge in [-0.25, -0.2) is 18.1 Å². The fourth-order valence-corrected chi connectivity index (χ4v) is 3.68. The van der Waals surface area contributed by atoms with Gasteiger partial charge in [0.15, 0.2) is 0 Å². The van der Waals surface area contributed by atoms with Gasteiger partial charge in [-0.1, -0.05) is 36.4 Å². The van der Waals surface area contributed by atoms with Crippen LogP contribution in [-0.4, -0.2) is 24.9 Å². The van der Waals surface area contributed by atoms with Gasteiger partial charge in [-0.2, -0.15) is 0 Å². The maximum atomic E-state index is 12.1. The molecule has 3 rings (SSSR count). The molecule has 5 nitrogen and oxygen atoms in total. The monoisotopic (exact) mass is 329 g/mol. The molecule has 3 aromatic rings. The molecular weight excluding hydrogens is 310 g/mol. The standard InChI is InChI=1S/C17H19N3O2S/c1-13-19-16-8-7-14(11-17(16)20-13)9-10-18-23(21,22)12-15-5-3-2-4-6-15/h2-8,11,18H,9-10,12H2,1H3,(H,19,20). The first kappa shape index (κ1) is 15.7. The summed E-state index contributed by atoms with van der Waals surface area (Å²) in [6.07, 6.45) is 0.641. The third kappa shape index (κ3) is 4.18. The van der Waals surface area contributed by atoms with Crippen molar-refractivity contribution < 1.29 is 8.42 Å². The molecule has 6 heteroatoms. The average Bonchev–Trinajstić information content (AvgIpc) is 2.87. The van der Waals surface area contributed by atoms with Crippen LogP contribution < -0.4 is 4.72 Å². The Bertz CT molecular complexity index is 902. The van der Waals surface area contributed by atoms with E-state index < -0.39 is 10.0 Å². The summed E-state index contributed by atoms with van der Waals surface area (Å²) in [4.78, 5) is 7.54. The third-order valence-electron chi connectivity index (χ3n) is 3.60. The van der Waals surface area contributed by atoms with Crippen molar-refractivity contribution in [2.75, 3.05) is 6.54 Å². The van der Waals surface area contributed by atoms with Crippen LogP contribution in [0.4, 0.5) is 0 Å². The highest BCUT2D eigenvalue weighted by Gasteiger charge is 2.10. The Labute approximate surface area is 135 Å². The molecule has 0 spiro atoms. The molecule has 2 aromatic carbocycles. The smallest absolute Gasteiger partial charge is 0.215 e. The highest BCUT2D eigenvalue weighted by molar-refractivity contribution is 7.88. The van der Waals surface area contributed by atoms with Crippen molar-refractivity contribution in [3.63, 3.8) is 0 Å². The van der Waals surface area contributed by atoms with Crippen LogP contribution in [0.25, 0.3) is 11.0 Å². The maximum Gasteiger partial charge on any atom is 0.215 e. The molecule has 0 unspecified atom stereocenters. The SMILES string of the molecule is Cc1nc2ccc(CCNS(=O)(=O)Cc3ccccc3)cc2[nH]1. The first-order valence-corrected chi connectivity index (χ1v) is 9.13. The molecule has 1 aromatic heterocycles. The van der Waals surface area contributed by atoms with Crippen molar-refractivity contribution >= 4 is 21.1 Å². The number of hydrogen-bond acceptors (Lipinski definition) is 3. The third-order valence-corrected chi connectivity index (χ3v) is 4.96. The maximum absolute atomic E-state index is 12.1. The van der Waals surface area contributed by atoms with E-state index in [0.717, 1.165) is 28.0 Å². The minimum atomic E-state index is -3.31. The molecule has 0 amide bonds. The molecular formula is C17H19N3O2S. The van der Waals surface area contributed by atoms with E-state index >= 15 is 0 Å². The number of imidazole rings is 1. The number of fused-ring (bicyclic) bond motifs is 1. The van der Waals surface area contributed by atoms with Gasteiger partial charge < -0.3 is 4.98 Å². The quantitative estimate of drug-likeness (QED) is 0.730. The molecule has 0 saturated heterocycles. The van der Waals surface area contributed by atoms with Crippen LogP contribution in [-0.2, 0) is 22.2 Å². The van der Waals surface area contributed by atoms with Crippen LogP contribution in [0.3, 0.4) is 0 Å². The minimum Gasteiger partial charge on any atom is -0.342 e. The van der Waals surface area contributed by atoms with Crippen LogP contribution in [0.1, 0.15) is 17.0 Å². The molecule has 0 aliphatic heterocycles. The van der Waals surface area contributed by atoms with Crippen LogP contribution in [0, 0.1) is 6.92 Å². The highest BCUT2D eigenvalue weighted by atomic mass is 32.2. The number of H-pyrrole nitrogens is 1. The number of aromatic nitrogens is 2. The van der Waals surface area contributed by atoms with E-state index in [2.05, 4.69) is 14.7 Å². The first-order valence-electron chi connectivity index (χ1n) is 7.48. The largest absolute Gasteiger partial charge is 0.342 e. The molecule has 2 N–H and O–H groups in total. The van der Waals surface area contributed by atoms with Crippen molar-refractivity contribution in [3.8, 4) is 0 Å². The topological polar surface area (TPSA) is 74.8 Å². The number of rotatable bonds is 6. The second-order valence-corrected chi connectivity index (χ2v) is 7.37. The molecule has 120 valence electrons. The van der Waals surface area contributed by atoms with Crippen LogP contribution in [0.5, 0.6) is 0 Å². The van der Waals surface area contributed by atoms with Gasteiger partial charge in [0, 0.05) is 6.54 Å². The Balaban J connectivity index is 1.59. The zero-order valence-corrected chi connectivity index (χ0v) is 13.7. The second-order valence-electron chi connectivity index (χ2n) is 5.56. The lowest BCUT2D eigenvalue weighted by molar-refractivity contribution is 0.581. The van der Waals surface area contributed by atoms with Crippen molar-refractivity contribution in [2.45, 2.75) is 19.1 Å². The van der Waals surface area contributed by atoms with E-state index in [1.807, 2.05) is 55.5 Å². The van der Waals surface area contributed by atoms with Gasteiger partial charge in [0.1, 0.15) is 5.82 Å². The number of sulfonamides is 1. The van der Waals surface area contributed by atoms with Gasteiger partial charge in [0.05, 0.1) is 16.8 Å². The minimum absolute atomic E-state index is 0.00657. The zero-order chi connectivity index (χ0) is 16.3. The lowest BCUT2D eigenvalue weighted by atomic mass is 10.1. The van der Waals surface area contributed by atoms with Gasteiger partial charge in [-0.05, 0) is 36.6 Å². The predicted octanol–water partition coefficient (Wildman–Crippen LogP) is 2.53. The molecule has 0 fully saturated rings. The molecule has 0 radical (unpaired) electrons. The zero-order valence-electron chi connectivity index (χ0n) is 12.9. The Kier molecular flexibility index (Phi) is 4.45. The summed E-state index contributed by atoms with van der Waals surface area (Å²) in [5.74, 6) is 0.882. The van der Waals surface area contributed by atoms with Crippen molar-refractivity contribution in [1.82, 2.24) is 14.7 Å². The predicted molar refractivity (Wildman–Crippen MR) is 91.6 cm³/mol. The van der Waals surface area contributed by atoms with E-state index in [1.54, 1.807) is 0 Å². The summed E-state index contributed by atoms with van der Waals surface area (Å²) in [7, 11) is -3.31. The van der Waals surface area contributed by atoms with Gasteiger partial charge >= 0.3 is 0 Å². The summed E-state index contributed by atoms with van der Waals surface area (Å²) in [6.45, 7) is 2.30. The van der Waals surface area contributed by atoms with E-state index in [-0.39, 0.29) is 5.75 Å². The van der Waals surface area contributed by atoms with E-state index in [1.165, 1.54) is 0 Å². The first-order chi connectivity index (χ1) is 11.0. The normalized spacial score (nSPS) is 11.9. The van der Waals surface area contributed by atoms with Crippen molar-refractivity contribution in [3.05, 3.63) is 65.5 Å². The Hall–Kier alpha value is -2.18. The van der Waals surface area contributed by atoms with Gasteiger partial charge in [0.25, 0.3) is 0 Å². The summed E-state index contributed by atoms with van der Waals surface area (Å²) < 4.78 is 26.8. The molecule has 0 bridgehead atoms. The molecule has 1 heterocycles. The molecule has 0 aliphatic carbocycles. The Morgan fingerprint density at radius 3 is 2.65 bits per heavy atom. The molecule has 0 aliphatic rings. The lowest BCUT2D eigenvalue weighted by Crippen LogP contribution is -2.27. The van der Waals surface area contributed by atoms with Gasteiger partial charge in [-0.15, -0.1) is 0 Å². The molecule has 0 saturated carbocycles. The average molecular weight is 329 g/mol. The van der Waals surface area contributed by atoms with Gasteiger partial charge in [-0.3, -0.25) is 0 Å². The van der Waals surface area contributed by atoms with Crippen molar-refractivity contribution in [2.24, 2.45) is 0 Å². The molecule has 0 atom stereocenters. The van der Waals surface area contributed by atoms with Crippen LogP contribution >= 0.6 is 0 Å². The van der Waals surface area contributed by atoms with E-state index in [0.29, 0.717) is 13.0 Å². The van der Waals surface area contributed by atoms with Crippen LogP contribution in [0.2, 0.25) is 0 Å². The van der Waals surface area contributed by atoms with Gasteiger partial charge in [0.2, 0.25) is 10.0 Å². The lowest BCUT2D eigenvalue weighted by Gasteiger charge is -2.07. The summed E-state index contributed by atoms with van der Waals surface area (Å²) in [5, 5.41) is 0. The number of aryl methyl sites for hydroxylation is 1. The second kappa shape index (κ2) is 6.52. The number of nitrogens with one attached hydrogen (secondary N) is 2. The van der Waals surface area contributed by atoms with Crippen molar-refractivity contribution in [1.29, 1.82) is 0 Å². The molecule has 23 heavy (non-hydrogen) atoms. The van der Waals surface area contributed by atoms with E-state index in [4.69, 9.17) is 0 Å². The fraction of sp³-hybridized carbons (Fsp3) is 0.235. The number of benzene rings is 2. The Morgan fingerprint density at radius 1 is 1.09 bits per heavy atom. The summed E-state index contributed by atoms with van der Waals surface area (Å²) in [6, 6.07) is 15.1.